The minimum absolute atomic E-state index is 0.275. The summed E-state index contributed by atoms with van der Waals surface area (Å²) in [4.78, 5) is 39.9. The van der Waals surface area contributed by atoms with E-state index in [-0.39, 0.29) is 6.42 Å². The first-order valence-electron chi connectivity index (χ1n) is 11.5. The molecule has 2 aromatic carbocycles. The first kappa shape index (κ1) is 27.8. The predicted octanol–water partition coefficient (Wildman–Crippen LogP) is 5.77. The van der Waals surface area contributed by atoms with Crippen molar-refractivity contribution in [1.29, 1.82) is 0 Å². The molecule has 2 aromatic rings. The molecular weight excluding hydrogens is 491 g/mol. The third kappa shape index (κ3) is 6.33. The number of ether oxygens (including phenoxy) is 2. The molecule has 0 aliphatic carbocycles. The summed E-state index contributed by atoms with van der Waals surface area (Å²) in [6.45, 7) is 9.71. The van der Waals surface area contributed by atoms with Crippen molar-refractivity contribution >= 4 is 23.8 Å². The highest BCUT2D eigenvalue weighted by atomic mass is 19.4. The fourth-order valence-corrected chi connectivity index (χ4v) is 3.88. The summed E-state index contributed by atoms with van der Waals surface area (Å²) in [5.74, 6) is -0.685. The van der Waals surface area contributed by atoms with Crippen molar-refractivity contribution in [2.24, 2.45) is 0 Å². The van der Waals surface area contributed by atoms with Gasteiger partial charge in [-0.2, -0.15) is 18.2 Å². The molecule has 0 fully saturated rings. The molecule has 1 aliphatic rings. The number of nitrogens with zero attached hydrogens (tertiary/aromatic N) is 1. The van der Waals surface area contributed by atoms with E-state index in [1.165, 1.54) is 12.1 Å². The van der Waals surface area contributed by atoms with Gasteiger partial charge in [0.15, 0.2) is 5.54 Å². The number of alkyl halides is 3. The lowest BCUT2D eigenvalue weighted by atomic mass is 9.84. The van der Waals surface area contributed by atoms with E-state index >= 15 is 0 Å². The smallest absolute Gasteiger partial charge is 0.430 e. The maximum Gasteiger partial charge on any atom is 0.430 e. The zero-order valence-electron chi connectivity index (χ0n) is 21.4. The van der Waals surface area contributed by atoms with Crippen LogP contribution in [0, 0.1) is 0 Å². The molecule has 3 rings (SSSR count). The van der Waals surface area contributed by atoms with Crippen molar-refractivity contribution in [3.8, 4) is 0 Å². The topological polar surface area (TPSA) is 97.0 Å². The molecule has 0 saturated heterocycles. The van der Waals surface area contributed by atoms with E-state index in [4.69, 9.17) is 9.47 Å². The Bertz CT molecular complexity index is 1180. The van der Waals surface area contributed by atoms with Gasteiger partial charge in [0.25, 0.3) is 5.91 Å². The van der Waals surface area contributed by atoms with Crippen LogP contribution in [0.3, 0.4) is 0 Å². The van der Waals surface area contributed by atoms with Crippen LogP contribution in [0.4, 0.5) is 28.4 Å². The first-order valence-corrected chi connectivity index (χ1v) is 11.5. The van der Waals surface area contributed by atoms with E-state index in [1.54, 1.807) is 65.8 Å². The van der Waals surface area contributed by atoms with Crippen molar-refractivity contribution in [2.45, 2.75) is 70.9 Å². The van der Waals surface area contributed by atoms with Crippen LogP contribution >= 0.6 is 0 Å². The van der Waals surface area contributed by atoms with Crippen LogP contribution in [0.1, 0.15) is 58.2 Å². The predicted molar refractivity (Wildman–Crippen MR) is 129 cm³/mol. The number of anilines is 1. The second kappa shape index (κ2) is 9.60. The highest BCUT2D eigenvalue weighted by molar-refractivity contribution is 6.07. The Morgan fingerprint density at radius 2 is 1.49 bits per heavy atom. The van der Waals surface area contributed by atoms with Gasteiger partial charge < -0.3 is 14.8 Å². The van der Waals surface area contributed by atoms with E-state index in [0.717, 1.165) is 17.1 Å². The zero-order chi connectivity index (χ0) is 27.8. The molecule has 2 N–H and O–H groups in total. The maximum atomic E-state index is 13.6. The zero-order valence-corrected chi connectivity index (χ0v) is 21.4. The molecule has 0 bridgehead atoms. The SMILES string of the molecule is CC(C)(C)OC(=O)NN(C(=O)OC(C)(C)C)[C@]1(Cc2ccc(C(F)(F)F)cc2)C(=O)Nc2ccccc21. The number of para-hydroxylation sites is 1. The third-order valence-electron chi connectivity index (χ3n) is 5.30. The van der Waals surface area contributed by atoms with Crippen molar-refractivity contribution < 1.29 is 37.0 Å². The summed E-state index contributed by atoms with van der Waals surface area (Å²) in [5, 5.41) is 3.46. The van der Waals surface area contributed by atoms with Gasteiger partial charge >= 0.3 is 18.4 Å². The fourth-order valence-electron chi connectivity index (χ4n) is 3.88. The van der Waals surface area contributed by atoms with Gasteiger partial charge in [0.05, 0.1) is 5.56 Å². The van der Waals surface area contributed by atoms with Gasteiger partial charge in [-0.15, -0.1) is 0 Å². The molecule has 37 heavy (non-hydrogen) atoms. The largest absolute Gasteiger partial charge is 0.443 e. The van der Waals surface area contributed by atoms with Crippen LogP contribution in [0.5, 0.6) is 0 Å². The number of halogens is 3. The van der Waals surface area contributed by atoms with Gasteiger partial charge in [-0.05, 0) is 65.3 Å². The summed E-state index contributed by atoms with van der Waals surface area (Å²) < 4.78 is 50.2. The summed E-state index contributed by atoms with van der Waals surface area (Å²) >= 11 is 0. The van der Waals surface area contributed by atoms with E-state index < -0.39 is 46.6 Å². The van der Waals surface area contributed by atoms with E-state index in [2.05, 4.69) is 10.7 Å². The van der Waals surface area contributed by atoms with Crippen molar-refractivity contribution in [3.05, 3.63) is 65.2 Å². The van der Waals surface area contributed by atoms with Gasteiger partial charge in [0.1, 0.15) is 11.2 Å². The number of carbonyl (C=O) groups excluding carboxylic acids is 3. The number of rotatable bonds is 3. The lowest BCUT2D eigenvalue weighted by Gasteiger charge is -2.40. The molecule has 0 spiro atoms. The van der Waals surface area contributed by atoms with Crippen LogP contribution in [-0.2, 0) is 32.4 Å². The van der Waals surface area contributed by atoms with Crippen LogP contribution in [0.2, 0.25) is 0 Å². The van der Waals surface area contributed by atoms with Crippen LogP contribution in [0.25, 0.3) is 0 Å². The van der Waals surface area contributed by atoms with Gasteiger partial charge in [0, 0.05) is 17.7 Å². The molecule has 8 nitrogen and oxygen atoms in total. The molecule has 1 heterocycles. The summed E-state index contributed by atoms with van der Waals surface area (Å²) in [5.41, 5.74) is -1.34. The quantitative estimate of drug-likeness (QED) is 0.500. The standard InChI is InChI=1S/C26H30F3N3O5/c1-23(2,3)36-21(34)31-32(22(35)37-24(4,5)6)25(18-9-7-8-10-19(18)30-20(25)33)15-16-11-13-17(14-12-16)26(27,28)29/h7-14H,15H2,1-6H3,(H,30,33)(H,31,34)/t25-/m0/s1. The van der Waals surface area contributed by atoms with E-state index in [0.29, 0.717) is 16.8 Å². The second-order valence-corrected chi connectivity index (χ2v) is 10.7. The number of hydrogen-bond acceptors (Lipinski definition) is 5. The summed E-state index contributed by atoms with van der Waals surface area (Å²) in [7, 11) is 0. The van der Waals surface area contributed by atoms with E-state index in [9.17, 15) is 27.6 Å². The Labute approximate surface area is 213 Å². The van der Waals surface area contributed by atoms with Gasteiger partial charge in [-0.25, -0.2) is 15.0 Å². The molecule has 11 heteroatoms. The number of amides is 3. The number of hydrazine groups is 1. The molecule has 200 valence electrons. The molecule has 0 radical (unpaired) electrons. The highest BCUT2D eigenvalue weighted by Crippen LogP contribution is 2.43. The summed E-state index contributed by atoms with van der Waals surface area (Å²) in [6, 6.07) is 10.7. The Morgan fingerprint density at radius 1 is 0.919 bits per heavy atom. The highest BCUT2D eigenvalue weighted by Gasteiger charge is 2.55. The van der Waals surface area contributed by atoms with Gasteiger partial charge in [-0.3, -0.25) is 4.79 Å². The average molecular weight is 522 g/mol. The fraction of sp³-hybridized carbons (Fsp3) is 0.423. The Balaban J connectivity index is 2.16. The number of benzene rings is 2. The van der Waals surface area contributed by atoms with Gasteiger partial charge in [0.2, 0.25) is 0 Å². The molecule has 1 aliphatic heterocycles. The average Bonchev–Trinajstić information content (AvgIpc) is 3.01. The molecule has 1 atom stereocenters. The third-order valence-corrected chi connectivity index (χ3v) is 5.30. The van der Waals surface area contributed by atoms with Gasteiger partial charge in [-0.1, -0.05) is 30.3 Å². The molecule has 0 saturated carbocycles. The normalized spacial score (nSPS) is 17.5. The van der Waals surface area contributed by atoms with Crippen molar-refractivity contribution in [2.75, 3.05) is 5.32 Å². The van der Waals surface area contributed by atoms with Crippen molar-refractivity contribution in [1.82, 2.24) is 10.4 Å². The second-order valence-electron chi connectivity index (χ2n) is 10.7. The Hall–Kier alpha value is -3.76. The number of nitrogens with one attached hydrogen (secondary N) is 2. The Morgan fingerprint density at radius 3 is 2.03 bits per heavy atom. The molecule has 3 amide bonds. The Kier molecular flexibility index (Phi) is 7.22. The maximum absolute atomic E-state index is 13.6. The number of fused-ring (bicyclic) bond motifs is 1. The number of carbonyl (C=O) groups is 3. The van der Waals surface area contributed by atoms with E-state index in [1.807, 2.05) is 0 Å². The molecular formula is C26H30F3N3O5. The van der Waals surface area contributed by atoms with Crippen LogP contribution in [-0.4, -0.2) is 34.3 Å². The monoisotopic (exact) mass is 521 g/mol. The molecule has 0 aromatic heterocycles. The van der Waals surface area contributed by atoms with Crippen molar-refractivity contribution in [3.63, 3.8) is 0 Å². The minimum atomic E-state index is -4.55. The van der Waals surface area contributed by atoms with Crippen LogP contribution in [0.15, 0.2) is 48.5 Å². The minimum Gasteiger partial charge on any atom is -0.443 e. The molecule has 0 unspecified atom stereocenters. The lowest BCUT2D eigenvalue weighted by Crippen LogP contribution is -2.63. The van der Waals surface area contributed by atoms with Crippen LogP contribution < -0.4 is 10.7 Å². The number of hydrogen-bond donors (Lipinski definition) is 2. The lowest BCUT2D eigenvalue weighted by molar-refractivity contribution is -0.137. The summed E-state index contributed by atoms with van der Waals surface area (Å²) in [6.07, 6.45) is -6.91. The first-order chi connectivity index (χ1) is 16.9.